The van der Waals surface area contributed by atoms with Crippen molar-refractivity contribution in [2.75, 3.05) is 0 Å². The zero-order valence-electron chi connectivity index (χ0n) is 10.1. The maximum absolute atomic E-state index is 13.3. The highest BCUT2D eigenvalue weighted by molar-refractivity contribution is 5.19. The number of hydrogen-bond acceptors (Lipinski definition) is 1. The average molecular weight is 227 g/mol. The van der Waals surface area contributed by atoms with E-state index in [1.54, 1.807) is 0 Å². The van der Waals surface area contributed by atoms with E-state index in [4.69, 9.17) is 0 Å². The summed E-state index contributed by atoms with van der Waals surface area (Å²) in [6.45, 7) is 6.52. The summed E-state index contributed by atoms with van der Waals surface area (Å²) in [6.07, 6.45) is 0.996. The summed E-state index contributed by atoms with van der Waals surface area (Å²) >= 11 is 0. The monoisotopic (exact) mass is 227 g/mol. The van der Waals surface area contributed by atoms with Gasteiger partial charge in [0.1, 0.15) is 11.6 Å². The van der Waals surface area contributed by atoms with Crippen LogP contribution in [0, 0.1) is 17.6 Å². The molecule has 0 amide bonds. The van der Waals surface area contributed by atoms with Crippen LogP contribution in [0.3, 0.4) is 0 Å². The third-order valence-corrected chi connectivity index (χ3v) is 2.51. The molecule has 0 heterocycles. The maximum atomic E-state index is 13.3. The van der Waals surface area contributed by atoms with Gasteiger partial charge in [0, 0.05) is 18.2 Å². The van der Waals surface area contributed by atoms with Crippen molar-refractivity contribution < 1.29 is 8.78 Å². The average Bonchev–Trinajstić information content (AvgIpc) is 2.15. The highest BCUT2D eigenvalue weighted by Crippen LogP contribution is 2.12. The molecule has 1 aromatic rings. The van der Waals surface area contributed by atoms with E-state index < -0.39 is 11.6 Å². The van der Waals surface area contributed by atoms with Crippen molar-refractivity contribution in [3.63, 3.8) is 0 Å². The van der Waals surface area contributed by atoms with E-state index in [9.17, 15) is 8.78 Å². The minimum Gasteiger partial charge on any atom is -0.310 e. The second-order valence-electron chi connectivity index (χ2n) is 4.61. The lowest BCUT2D eigenvalue weighted by Crippen LogP contribution is -2.27. The molecular weight excluding hydrogens is 208 g/mol. The van der Waals surface area contributed by atoms with Gasteiger partial charge in [0.25, 0.3) is 0 Å². The Morgan fingerprint density at radius 1 is 1.12 bits per heavy atom. The quantitative estimate of drug-likeness (QED) is 0.812. The van der Waals surface area contributed by atoms with Gasteiger partial charge in [0.15, 0.2) is 0 Å². The van der Waals surface area contributed by atoms with Crippen molar-refractivity contribution in [3.05, 3.63) is 35.4 Å². The molecule has 1 unspecified atom stereocenters. The smallest absolute Gasteiger partial charge is 0.130 e. The first-order valence-electron chi connectivity index (χ1n) is 5.67. The summed E-state index contributed by atoms with van der Waals surface area (Å²) in [5.74, 6) is -0.388. The van der Waals surface area contributed by atoms with Crippen molar-refractivity contribution in [3.8, 4) is 0 Å². The normalized spacial score (nSPS) is 13.1. The lowest BCUT2D eigenvalue weighted by atomic mass is 10.0. The Bertz CT molecular complexity index is 316. The van der Waals surface area contributed by atoms with Crippen LogP contribution in [0.2, 0.25) is 0 Å². The van der Waals surface area contributed by atoms with Gasteiger partial charge in [-0.2, -0.15) is 0 Å². The van der Waals surface area contributed by atoms with Crippen LogP contribution < -0.4 is 5.32 Å². The molecule has 0 saturated heterocycles. The molecule has 3 heteroatoms. The van der Waals surface area contributed by atoms with Crippen molar-refractivity contribution in [2.24, 2.45) is 5.92 Å². The third kappa shape index (κ3) is 3.89. The van der Waals surface area contributed by atoms with Gasteiger partial charge in [-0.1, -0.05) is 19.9 Å². The first-order chi connectivity index (χ1) is 7.50. The zero-order chi connectivity index (χ0) is 12.1. The topological polar surface area (TPSA) is 12.0 Å². The Morgan fingerprint density at radius 3 is 2.19 bits per heavy atom. The van der Waals surface area contributed by atoms with Gasteiger partial charge in [-0.15, -0.1) is 0 Å². The maximum Gasteiger partial charge on any atom is 0.130 e. The fourth-order valence-electron chi connectivity index (χ4n) is 1.77. The molecule has 1 N–H and O–H groups in total. The van der Waals surface area contributed by atoms with Crippen LogP contribution in [0.5, 0.6) is 0 Å². The molecule has 1 aromatic carbocycles. The van der Waals surface area contributed by atoms with E-state index in [1.807, 2.05) is 6.92 Å². The highest BCUT2D eigenvalue weighted by Gasteiger charge is 2.10. The predicted octanol–water partition coefficient (Wildman–Crippen LogP) is 3.49. The third-order valence-electron chi connectivity index (χ3n) is 2.51. The Hall–Kier alpha value is -0.960. The molecule has 1 rings (SSSR count). The second-order valence-corrected chi connectivity index (χ2v) is 4.61. The highest BCUT2D eigenvalue weighted by atomic mass is 19.1. The molecule has 0 saturated carbocycles. The van der Waals surface area contributed by atoms with Crippen molar-refractivity contribution in [1.29, 1.82) is 0 Å². The molecule has 0 aromatic heterocycles. The van der Waals surface area contributed by atoms with Crippen LogP contribution >= 0.6 is 0 Å². The Morgan fingerprint density at radius 2 is 1.69 bits per heavy atom. The van der Waals surface area contributed by atoms with Crippen molar-refractivity contribution >= 4 is 0 Å². The lowest BCUT2D eigenvalue weighted by Gasteiger charge is -2.16. The number of rotatable bonds is 5. The fraction of sp³-hybridized carbons (Fsp3) is 0.538. The first-order valence-corrected chi connectivity index (χ1v) is 5.67. The molecule has 1 nitrogen and oxygen atoms in total. The van der Waals surface area contributed by atoms with Crippen molar-refractivity contribution in [2.45, 2.75) is 39.8 Å². The van der Waals surface area contributed by atoms with Crippen LogP contribution in [-0.4, -0.2) is 6.04 Å². The Balaban J connectivity index is 2.54. The molecular formula is C13H19F2N. The van der Waals surface area contributed by atoms with E-state index in [1.165, 1.54) is 18.2 Å². The van der Waals surface area contributed by atoms with Crippen molar-refractivity contribution in [1.82, 2.24) is 5.32 Å². The number of nitrogens with one attached hydrogen (secondary N) is 1. The van der Waals surface area contributed by atoms with Gasteiger partial charge >= 0.3 is 0 Å². The summed E-state index contributed by atoms with van der Waals surface area (Å²) < 4.78 is 26.6. The summed E-state index contributed by atoms with van der Waals surface area (Å²) in [5.41, 5.74) is 0.123. The van der Waals surface area contributed by atoms with E-state index in [2.05, 4.69) is 19.2 Å². The minimum absolute atomic E-state index is 0.123. The van der Waals surface area contributed by atoms with E-state index >= 15 is 0 Å². The molecule has 0 fully saturated rings. The zero-order valence-corrected chi connectivity index (χ0v) is 10.1. The Labute approximate surface area is 95.9 Å². The summed E-state index contributed by atoms with van der Waals surface area (Å²) in [5, 5.41) is 3.13. The van der Waals surface area contributed by atoms with Crippen LogP contribution in [0.25, 0.3) is 0 Å². The van der Waals surface area contributed by atoms with Gasteiger partial charge in [-0.3, -0.25) is 0 Å². The lowest BCUT2D eigenvalue weighted by molar-refractivity contribution is 0.430. The predicted molar refractivity (Wildman–Crippen MR) is 62.1 cm³/mol. The van der Waals surface area contributed by atoms with Gasteiger partial charge in [-0.25, -0.2) is 8.78 Å². The van der Waals surface area contributed by atoms with Crippen LogP contribution in [0.1, 0.15) is 32.8 Å². The number of benzene rings is 1. The van der Waals surface area contributed by atoms with E-state index in [0.717, 1.165) is 6.42 Å². The molecule has 0 aliphatic carbocycles. The van der Waals surface area contributed by atoms with E-state index in [-0.39, 0.29) is 18.2 Å². The standard InChI is InChI=1S/C13H19F2N/c1-9(2)7-10(3)16-8-11-12(14)5-4-6-13(11)15/h4-6,9-10,16H,7-8H2,1-3H3. The van der Waals surface area contributed by atoms with Gasteiger partial charge in [0.2, 0.25) is 0 Å². The van der Waals surface area contributed by atoms with Crippen LogP contribution in [-0.2, 0) is 6.54 Å². The minimum atomic E-state index is -0.482. The van der Waals surface area contributed by atoms with Gasteiger partial charge in [-0.05, 0) is 31.4 Å². The number of halogens is 2. The molecule has 0 aliphatic heterocycles. The molecule has 0 spiro atoms. The second kappa shape index (κ2) is 5.94. The first kappa shape index (κ1) is 13.1. The number of hydrogen-bond donors (Lipinski definition) is 1. The summed E-state index contributed by atoms with van der Waals surface area (Å²) in [4.78, 5) is 0. The molecule has 90 valence electrons. The summed E-state index contributed by atoms with van der Waals surface area (Å²) in [6, 6.07) is 4.21. The SMILES string of the molecule is CC(C)CC(C)NCc1c(F)cccc1F. The summed E-state index contributed by atoms with van der Waals surface area (Å²) in [7, 11) is 0. The molecule has 0 aliphatic rings. The largest absolute Gasteiger partial charge is 0.310 e. The molecule has 0 bridgehead atoms. The fourth-order valence-corrected chi connectivity index (χ4v) is 1.77. The Kier molecular flexibility index (Phi) is 4.87. The van der Waals surface area contributed by atoms with Gasteiger partial charge in [0.05, 0.1) is 0 Å². The van der Waals surface area contributed by atoms with E-state index in [0.29, 0.717) is 5.92 Å². The molecule has 1 atom stereocenters. The van der Waals surface area contributed by atoms with Crippen LogP contribution in [0.4, 0.5) is 8.78 Å². The van der Waals surface area contributed by atoms with Gasteiger partial charge < -0.3 is 5.32 Å². The van der Waals surface area contributed by atoms with Crippen LogP contribution in [0.15, 0.2) is 18.2 Å². The molecule has 16 heavy (non-hydrogen) atoms. The molecule has 0 radical (unpaired) electrons.